The van der Waals surface area contributed by atoms with Crippen molar-refractivity contribution >= 4 is 11.8 Å². The number of amides is 2. The normalized spacial score (nSPS) is 14.9. The minimum atomic E-state index is -0.444. The molecule has 0 unspecified atom stereocenters. The van der Waals surface area contributed by atoms with E-state index in [2.05, 4.69) is 5.32 Å². The van der Waals surface area contributed by atoms with Crippen LogP contribution < -0.4 is 5.32 Å². The predicted octanol–water partition coefficient (Wildman–Crippen LogP) is 0.638. The van der Waals surface area contributed by atoms with Gasteiger partial charge in [0.2, 0.25) is 5.91 Å². The second-order valence-corrected chi connectivity index (χ2v) is 5.31. The molecule has 114 valence electrons. The minimum Gasteiger partial charge on any atom is -0.339 e. The lowest BCUT2D eigenvalue weighted by Crippen LogP contribution is -2.49. The Balaban J connectivity index is 2.00. The van der Waals surface area contributed by atoms with Gasteiger partial charge < -0.3 is 15.1 Å². The van der Waals surface area contributed by atoms with E-state index >= 15 is 0 Å². The molecule has 5 nitrogen and oxygen atoms in total. The number of rotatable bonds is 3. The molecule has 0 aliphatic carbocycles. The van der Waals surface area contributed by atoms with Crippen molar-refractivity contribution < 1.29 is 14.0 Å². The van der Waals surface area contributed by atoms with Crippen molar-refractivity contribution in [2.24, 2.45) is 0 Å². The van der Waals surface area contributed by atoms with E-state index in [0.29, 0.717) is 18.7 Å². The van der Waals surface area contributed by atoms with Gasteiger partial charge in [0, 0.05) is 38.8 Å². The molecule has 1 heterocycles. The van der Waals surface area contributed by atoms with Crippen LogP contribution in [0.5, 0.6) is 0 Å². The van der Waals surface area contributed by atoms with E-state index in [1.807, 2.05) is 0 Å². The summed E-state index contributed by atoms with van der Waals surface area (Å²) < 4.78 is 13.4. The summed E-state index contributed by atoms with van der Waals surface area (Å²) in [6, 6.07) is 4.18. The number of nitrogens with zero attached hydrogens (tertiary/aromatic N) is 2. The Kier molecular flexibility index (Phi) is 4.90. The van der Waals surface area contributed by atoms with Crippen molar-refractivity contribution in [1.82, 2.24) is 15.1 Å². The quantitative estimate of drug-likeness (QED) is 0.890. The number of carbonyl (C=O) groups excluding carboxylic acids is 2. The highest BCUT2D eigenvalue weighted by Crippen LogP contribution is 2.10. The lowest BCUT2D eigenvalue weighted by molar-refractivity contribution is -0.132. The summed E-state index contributed by atoms with van der Waals surface area (Å²) >= 11 is 0. The van der Waals surface area contributed by atoms with E-state index in [4.69, 9.17) is 0 Å². The molecule has 1 saturated heterocycles. The molecule has 0 atom stereocenters. The van der Waals surface area contributed by atoms with Crippen molar-refractivity contribution in [2.75, 3.05) is 39.8 Å². The molecule has 1 aliphatic heterocycles. The molecular weight excluding hydrogens is 273 g/mol. The predicted molar refractivity (Wildman–Crippen MR) is 77.5 cm³/mol. The summed E-state index contributed by atoms with van der Waals surface area (Å²) in [6.45, 7) is 4.58. The Labute approximate surface area is 123 Å². The van der Waals surface area contributed by atoms with E-state index in [1.54, 1.807) is 24.9 Å². The smallest absolute Gasteiger partial charge is 0.254 e. The zero-order chi connectivity index (χ0) is 15.4. The van der Waals surface area contributed by atoms with Crippen LogP contribution in [0.2, 0.25) is 0 Å². The molecule has 1 N–H and O–H groups in total. The lowest BCUT2D eigenvalue weighted by Gasteiger charge is -2.29. The minimum absolute atomic E-state index is 0.00833. The molecule has 2 amide bonds. The molecule has 1 aliphatic rings. The standard InChI is InChI=1S/C15H20FN3O2/c1-11-7-12(9-13(16)8-11)15(21)18(2)10-14(20)19-5-3-17-4-6-19/h7-9,17H,3-6,10H2,1-2H3. The van der Waals surface area contributed by atoms with Crippen molar-refractivity contribution in [2.45, 2.75) is 6.92 Å². The summed E-state index contributed by atoms with van der Waals surface area (Å²) in [7, 11) is 1.56. The van der Waals surface area contributed by atoms with Gasteiger partial charge in [-0.2, -0.15) is 0 Å². The molecule has 0 bridgehead atoms. The Morgan fingerprint density at radius 2 is 1.95 bits per heavy atom. The largest absolute Gasteiger partial charge is 0.339 e. The van der Waals surface area contributed by atoms with Crippen molar-refractivity contribution in [1.29, 1.82) is 0 Å². The van der Waals surface area contributed by atoms with Gasteiger partial charge in [-0.05, 0) is 30.7 Å². The maximum atomic E-state index is 13.4. The number of nitrogens with one attached hydrogen (secondary N) is 1. The molecule has 2 rings (SSSR count). The van der Waals surface area contributed by atoms with E-state index in [-0.39, 0.29) is 23.9 Å². The fourth-order valence-electron chi connectivity index (χ4n) is 2.37. The number of halogens is 1. The molecule has 1 aromatic carbocycles. The molecule has 21 heavy (non-hydrogen) atoms. The monoisotopic (exact) mass is 293 g/mol. The van der Waals surface area contributed by atoms with Crippen molar-refractivity contribution in [3.05, 3.63) is 35.1 Å². The Morgan fingerprint density at radius 1 is 1.29 bits per heavy atom. The first-order valence-electron chi connectivity index (χ1n) is 6.98. The highest BCUT2D eigenvalue weighted by molar-refractivity contribution is 5.96. The first-order valence-corrected chi connectivity index (χ1v) is 6.98. The van der Waals surface area contributed by atoms with Gasteiger partial charge in [0.1, 0.15) is 5.82 Å². The van der Waals surface area contributed by atoms with Gasteiger partial charge in [-0.25, -0.2) is 4.39 Å². The Hall–Kier alpha value is -1.95. The van der Waals surface area contributed by atoms with E-state index < -0.39 is 5.82 Å². The molecular formula is C15H20FN3O2. The maximum Gasteiger partial charge on any atom is 0.254 e. The average Bonchev–Trinajstić information content (AvgIpc) is 2.46. The molecule has 6 heteroatoms. The summed E-state index contributed by atoms with van der Waals surface area (Å²) in [4.78, 5) is 27.4. The molecule has 0 radical (unpaired) electrons. The second-order valence-electron chi connectivity index (χ2n) is 5.31. The first kappa shape index (κ1) is 15.4. The molecule has 1 fully saturated rings. The highest BCUT2D eigenvalue weighted by atomic mass is 19.1. The number of piperazine rings is 1. The zero-order valence-corrected chi connectivity index (χ0v) is 12.4. The second kappa shape index (κ2) is 6.67. The summed E-state index contributed by atoms with van der Waals surface area (Å²) in [5.41, 5.74) is 0.947. The topological polar surface area (TPSA) is 52.7 Å². The van der Waals surface area contributed by atoms with Gasteiger partial charge in [-0.3, -0.25) is 9.59 Å². The summed E-state index contributed by atoms with van der Waals surface area (Å²) in [5.74, 6) is -0.873. The Bertz CT molecular complexity index is 521. The number of benzene rings is 1. The summed E-state index contributed by atoms with van der Waals surface area (Å²) in [6.07, 6.45) is 0. The van der Waals surface area contributed by atoms with Crippen LogP contribution >= 0.6 is 0 Å². The van der Waals surface area contributed by atoms with E-state index in [0.717, 1.165) is 13.1 Å². The van der Waals surface area contributed by atoms with Crippen LogP contribution in [-0.4, -0.2) is 61.4 Å². The SMILES string of the molecule is Cc1cc(F)cc(C(=O)N(C)CC(=O)N2CCNCC2)c1. The van der Waals surface area contributed by atoms with Gasteiger partial charge in [-0.1, -0.05) is 0 Å². The fourth-order valence-corrected chi connectivity index (χ4v) is 2.37. The number of likely N-dealkylation sites (N-methyl/N-ethyl adjacent to an activating group) is 1. The number of hydrogen-bond donors (Lipinski definition) is 1. The van der Waals surface area contributed by atoms with Crippen LogP contribution in [0.1, 0.15) is 15.9 Å². The molecule has 0 saturated carbocycles. The number of carbonyl (C=O) groups is 2. The summed E-state index contributed by atoms with van der Waals surface area (Å²) in [5, 5.41) is 3.17. The molecule has 0 spiro atoms. The van der Waals surface area contributed by atoms with Crippen LogP contribution in [0.4, 0.5) is 4.39 Å². The van der Waals surface area contributed by atoms with Gasteiger partial charge in [0.15, 0.2) is 0 Å². The van der Waals surface area contributed by atoms with Gasteiger partial charge >= 0.3 is 0 Å². The third-order valence-corrected chi connectivity index (χ3v) is 3.48. The number of hydrogen-bond acceptors (Lipinski definition) is 3. The van der Waals surface area contributed by atoms with Crippen molar-refractivity contribution in [3.8, 4) is 0 Å². The third-order valence-electron chi connectivity index (χ3n) is 3.48. The maximum absolute atomic E-state index is 13.4. The highest BCUT2D eigenvalue weighted by Gasteiger charge is 2.21. The van der Waals surface area contributed by atoms with Gasteiger partial charge in [0.25, 0.3) is 5.91 Å². The lowest BCUT2D eigenvalue weighted by atomic mass is 10.1. The van der Waals surface area contributed by atoms with E-state index in [1.165, 1.54) is 17.0 Å². The Morgan fingerprint density at radius 3 is 2.57 bits per heavy atom. The zero-order valence-electron chi connectivity index (χ0n) is 12.4. The van der Waals surface area contributed by atoms with Crippen LogP contribution in [-0.2, 0) is 4.79 Å². The third kappa shape index (κ3) is 4.01. The van der Waals surface area contributed by atoms with Gasteiger partial charge in [-0.15, -0.1) is 0 Å². The van der Waals surface area contributed by atoms with E-state index in [9.17, 15) is 14.0 Å². The fraction of sp³-hybridized carbons (Fsp3) is 0.467. The van der Waals surface area contributed by atoms with Crippen LogP contribution in [0.3, 0.4) is 0 Å². The first-order chi connectivity index (χ1) is 9.97. The van der Waals surface area contributed by atoms with Crippen LogP contribution in [0, 0.1) is 12.7 Å². The van der Waals surface area contributed by atoms with Crippen LogP contribution in [0.15, 0.2) is 18.2 Å². The van der Waals surface area contributed by atoms with Crippen molar-refractivity contribution in [3.63, 3.8) is 0 Å². The van der Waals surface area contributed by atoms with Crippen LogP contribution in [0.25, 0.3) is 0 Å². The number of aryl methyl sites for hydroxylation is 1. The molecule has 0 aromatic heterocycles. The average molecular weight is 293 g/mol. The molecule has 1 aromatic rings. The van der Waals surface area contributed by atoms with Gasteiger partial charge in [0.05, 0.1) is 6.54 Å².